The van der Waals surface area contributed by atoms with Gasteiger partial charge in [0.05, 0.1) is 0 Å². The normalized spacial score (nSPS) is 11.7. The number of rotatable bonds is 5. The Hall–Kier alpha value is -6.95. The molecule has 0 fully saturated rings. The monoisotopic (exact) mass is 707 g/mol. The van der Waals surface area contributed by atoms with Crippen molar-refractivity contribution in [2.24, 2.45) is 0 Å². The summed E-state index contributed by atoms with van der Waals surface area (Å²) >= 11 is 1.86. The molecule has 54 heavy (non-hydrogen) atoms. The Bertz CT molecular complexity index is 3220. The zero-order valence-corrected chi connectivity index (χ0v) is 29.7. The summed E-state index contributed by atoms with van der Waals surface area (Å²) in [4.78, 5) is 15.7. The van der Waals surface area contributed by atoms with Crippen LogP contribution in [0.15, 0.2) is 180 Å². The first-order valence-corrected chi connectivity index (χ1v) is 18.8. The number of para-hydroxylation sites is 1. The van der Waals surface area contributed by atoms with Gasteiger partial charge in [-0.05, 0) is 28.0 Å². The average molecular weight is 708 g/mol. The van der Waals surface area contributed by atoms with E-state index < -0.39 is 0 Å². The lowest BCUT2D eigenvalue weighted by atomic mass is 9.97. The zero-order chi connectivity index (χ0) is 35.6. The van der Waals surface area contributed by atoms with E-state index in [-0.39, 0.29) is 0 Å². The van der Waals surface area contributed by atoms with Gasteiger partial charge in [-0.1, -0.05) is 170 Å². The Kier molecular flexibility index (Phi) is 7.00. The predicted molar refractivity (Wildman–Crippen MR) is 225 cm³/mol. The van der Waals surface area contributed by atoms with Crippen LogP contribution in [0.4, 0.5) is 0 Å². The number of aromatic nitrogens is 3. The Morgan fingerprint density at radius 1 is 0.352 bits per heavy atom. The fraction of sp³-hybridized carbons (Fsp3) is 0. The summed E-state index contributed by atoms with van der Waals surface area (Å²) in [7, 11) is 0. The molecular weight excluding hydrogens is 679 g/mol. The van der Waals surface area contributed by atoms with Gasteiger partial charge in [-0.25, -0.2) is 15.0 Å². The molecule has 8 aromatic carbocycles. The van der Waals surface area contributed by atoms with E-state index in [9.17, 15) is 0 Å². The van der Waals surface area contributed by atoms with Crippen molar-refractivity contribution in [3.63, 3.8) is 0 Å². The van der Waals surface area contributed by atoms with E-state index in [1.54, 1.807) is 0 Å². The number of hydrogen-bond donors (Lipinski definition) is 0. The summed E-state index contributed by atoms with van der Waals surface area (Å²) in [5, 5.41) is 7.07. The van der Waals surface area contributed by atoms with Crippen molar-refractivity contribution in [3.8, 4) is 56.4 Å². The molecule has 0 unspecified atom stereocenters. The predicted octanol–water partition coefficient (Wildman–Crippen LogP) is 13.6. The van der Waals surface area contributed by atoms with E-state index in [2.05, 4.69) is 140 Å². The first kappa shape index (κ1) is 30.7. The van der Waals surface area contributed by atoms with Crippen LogP contribution in [0, 0.1) is 0 Å². The van der Waals surface area contributed by atoms with Gasteiger partial charge in [0.1, 0.15) is 11.2 Å². The van der Waals surface area contributed by atoms with Crippen LogP contribution in [0.1, 0.15) is 0 Å². The van der Waals surface area contributed by atoms with E-state index in [1.165, 1.54) is 30.9 Å². The van der Waals surface area contributed by atoms with Crippen LogP contribution in [0.25, 0.3) is 109 Å². The molecule has 0 saturated heterocycles. The highest BCUT2D eigenvalue weighted by Crippen LogP contribution is 2.45. The fourth-order valence-corrected chi connectivity index (χ4v) is 9.23. The Morgan fingerprint density at radius 3 is 1.76 bits per heavy atom. The molecule has 11 aromatic rings. The van der Waals surface area contributed by atoms with Crippen molar-refractivity contribution in [2.45, 2.75) is 0 Å². The SMILES string of the molecule is c1ccc(-c2nc(-c3ccccc3-c3cccc4c3sc3c5ccccc5ccc43)nc(-c3cccc4oc5c(-c6ccccc6)cccc5c34)n2)cc1. The van der Waals surface area contributed by atoms with Gasteiger partial charge in [0, 0.05) is 58.8 Å². The zero-order valence-electron chi connectivity index (χ0n) is 28.9. The summed E-state index contributed by atoms with van der Waals surface area (Å²) in [5.41, 5.74) is 8.80. The highest BCUT2D eigenvalue weighted by Gasteiger charge is 2.21. The number of furan rings is 1. The van der Waals surface area contributed by atoms with Gasteiger partial charge in [-0.15, -0.1) is 11.3 Å². The Balaban J connectivity index is 1.15. The van der Waals surface area contributed by atoms with Crippen molar-refractivity contribution < 1.29 is 4.42 Å². The van der Waals surface area contributed by atoms with Gasteiger partial charge >= 0.3 is 0 Å². The van der Waals surface area contributed by atoms with Crippen LogP contribution >= 0.6 is 11.3 Å². The van der Waals surface area contributed by atoms with Gasteiger partial charge in [0.15, 0.2) is 17.5 Å². The molecule has 0 radical (unpaired) electrons. The van der Waals surface area contributed by atoms with Gasteiger partial charge in [-0.3, -0.25) is 0 Å². The molecule has 0 atom stereocenters. The molecule has 4 nitrogen and oxygen atoms in total. The number of fused-ring (bicyclic) bond motifs is 8. The van der Waals surface area contributed by atoms with Crippen molar-refractivity contribution in [3.05, 3.63) is 176 Å². The minimum atomic E-state index is 0.596. The third kappa shape index (κ3) is 4.86. The largest absolute Gasteiger partial charge is 0.455 e. The smallest absolute Gasteiger partial charge is 0.164 e. The van der Waals surface area contributed by atoms with Crippen molar-refractivity contribution in [1.82, 2.24) is 15.0 Å². The van der Waals surface area contributed by atoms with Gasteiger partial charge in [0.25, 0.3) is 0 Å². The number of hydrogen-bond acceptors (Lipinski definition) is 5. The molecule has 11 rings (SSSR count). The summed E-state index contributed by atoms with van der Waals surface area (Å²) in [6.07, 6.45) is 0. The molecule has 0 N–H and O–H groups in total. The second-order valence-electron chi connectivity index (χ2n) is 13.5. The van der Waals surface area contributed by atoms with Crippen LogP contribution in [-0.2, 0) is 0 Å². The molecular formula is C49H29N3OS. The molecule has 0 aliphatic heterocycles. The molecule has 0 spiro atoms. The summed E-state index contributed by atoms with van der Waals surface area (Å²) < 4.78 is 9.18. The lowest BCUT2D eigenvalue weighted by Gasteiger charge is -2.13. The van der Waals surface area contributed by atoms with Crippen molar-refractivity contribution in [2.75, 3.05) is 0 Å². The molecule has 0 bridgehead atoms. The standard InChI is InChI=1S/C49H29N3OS/c1-3-14-30(15-4-1)33-22-11-25-40-43-41(26-13-27-42(43)53-44(33)40)49-51-47(32-17-5-2-6-18-32)50-48(52-49)39-21-10-9-20-35(39)36-23-12-24-37-38-29-28-31-16-7-8-19-34(31)45(38)54-46(36)37/h1-29H. The van der Waals surface area contributed by atoms with Crippen LogP contribution in [0.3, 0.4) is 0 Å². The fourth-order valence-electron chi connectivity index (χ4n) is 7.86. The molecule has 3 heterocycles. The molecule has 0 saturated carbocycles. The van der Waals surface area contributed by atoms with Crippen LogP contribution in [-0.4, -0.2) is 15.0 Å². The third-order valence-corrected chi connectivity index (χ3v) is 11.7. The van der Waals surface area contributed by atoms with E-state index in [0.717, 1.165) is 60.9 Å². The third-order valence-electron chi connectivity index (χ3n) is 10.4. The Morgan fingerprint density at radius 2 is 0.926 bits per heavy atom. The van der Waals surface area contributed by atoms with Gasteiger partial charge in [0.2, 0.25) is 0 Å². The average Bonchev–Trinajstić information content (AvgIpc) is 3.83. The summed E-state index contributed by atoms with van der Waals surface area (Å²) in [6.45, 7) is 0. The molecule has 5 heteroatoms. The summed E-state index contributed by atoms with van der Waals surface area (Å²) in [6, 6.07) is 61.3. The first-order chi connectivity index (χ1) is 26.8. The molecule has 3 aromatic heterocycles. The van der Waals surface area contributed by atoms with E-state index in [1.807, 2.05) is 47.7 Å². The number of nitrogens with zero attached hydrogens (tertiary/aromatic N) is 3. The molecule has 0 aliphatic carbocycles. The van der Waals surface area contributed by atoms with Gasteiger partial charge in [-0.2, -0.15) is 0 Å². The maximum Gasteiger partial charge on any atom is 0.164 e. The molecule has 252 valence electrons. The molecule has 0 amide bonds. The topological polar surface area (TPSA) is 51.8 Å². The maximum absolute atomic E-state index is 6.63. The minimum Gasteiger partial charge on any atom is -0.455 e. The summed E-state index contributed by atoms with van der Waals surface area (Å²) in [5.74, 6) is 1.83. The quantitative estimate of drug-likeness (QED) is 0.179. The van der Waals surface area contributed by atoms with Gasteiger partial charge < -0.3 is 4.42 Å². The Labute approximate surface area is 314 Å². The lowest BCUT2D eigenvalue weighted by Crippen LogP contribution is -2.01. The second-order valence-corrected chi connectivity index (χ2v) is 14.5. The van der Waals surface area contributed by atoms with E-state index >= 15 is 0 Å². The van der Waals surface area contributed by atoms with E-state index in [0.29, 0.717) is 17.5 Å². The van der Waals surface area contributed by atoms with Crippen LogP contribution in [0.5, 0.6) is 0 Å². The van der Waals surface area contributed by atoms with E-state index in [4.69, 9.17) is 19.4 Å². The first-order valence-electron chi connectivity index (χ1n) is 18.0. The lowest BCUT2D eigenvalue weighted by molar-refractivity contribution is 0.670. The number of thiophene rings is 1. The number of benzene rings is 8. The van der Waals surface area contributed by atoms with Crippen molar-refractivity contribution in [1.29, 1.82) is 0 Å². The minimum absolute atomic E-state index is 0.596. The highest BCUT2D eigenvalue weighted by molar-refractivity contribution is 7.27. The van der Waals surface area contributed by atoms with Crippen molar-refractivity contribution >= 4 is 64.2 Å². The van der Waals surface area contributed by atoms with Crippen LogP contribution < -0.4 is 0 Å². The highest BCUT2D eigenvalue weighted by atomic mass is 32.1. The molecule has 0 aliphatic rings. The maximum atomic E-state index is 6.63. The van der Waals surface area contributed by atoms with Crippen LogP contribution in [0.2, 0.25) is 0 Å². The second kappa shape index (κ2) is 12.3.